The summed E-state index contributed by atoms with van der Waals surface area (Å²) in [6.07, 6.45) is 1.02. The van der Waals surface area contributed by atoms with E-state index in [2.05, 4.69) is 17.2 Å². The van der Waals surface area contributed by atoms with Crippen molar-refractivity contribution in [3.8, 4) is 0 Å². The van der Waals surface area contributed by atoms with Crippen molar-refractivity contribution in [2.45, 2.75) is 26.3 Å². The van der Waals surface area contributed by atoms with Crippen molar-refractivity contribution >= 4 is 23.0 Å². The molecule has 1 aliphatic rings. The van der Waals surface area contributed by atoms with Crippen LogP contribution >= 0.6 is 12.2 Å². The molecule has 0 aliphatic carbocycles. The summed E-state index contributed by atoms with van der Waals surface area (Å²) in [5.74, 6) is 1.25. The summed E-state index contributed by atoms with van der Waals surface area (Å²) >= 11 is 4.94. The molecule has 0 fully saturated rings. The van der Waals surface area contributed by atoms with Crippen molar-refractivity contribution in [2.24, 2.45) is 16.6 Å². The normalized spacial score (nSPS) is 25.5. The van der Waals surface area contributed by atoms with Crippen LogP contribution < -0.4 is 11.1 Å². The molecule has 0 aromatic rings. The third-order valence-corrected chi connectivity index (χ3v) is 2.61. The smallest absolute Gasteiger partial charge is 0.0933 e. The van der Waals surface area contributed by atoms with E-state index in [4.69, 9.17) is 18.0 Å². The van der Waals surface area contributed by atoms with E-state index in [1.54, 1.807) is 0 Å². The molecule has 0 saturated heterocycles. The summed E-state index contributed by atoms with van der Waals surface area (Å²) < 4.78 is 0. The number of nitrogens with zero attached hydrogens (tertiary/aromatic N) is 1. The molecule has 1 aliphatic heterocycles. The highest BCUT2D eigenvalue weighted by atomic mass is 32.1. The maximum absolute atomic E-state index is 5.56. The minimum atomic E-state index is 0.255. The Hall–Kier alpha value is -0.640. The summed E-state index contributed by atoms with van der Waals surface area (Å²) in [6.45, 7) is 4.91. The predicted octanol–water partition coefficient (Wildman–Crippen LogP) is 0.689. The molecule has 2 unspecified atom stereocenters. The summed E-state index contributed by atoms with van der Waals surface area (Å²) in [4.78, 5) is 4.83. The summed E-state index contributed by atoms with van der Waals surface area (Å²) in [6, 6.07) is 0.375. The summed E-state index contributed by atoms with van der Waals surface area (Å²) in [5, 5.41) is 3.28. The Morgan fingerprint density at radius 3 is 3.00 bits per heavy atom. The number of thiocarbonyl (C=S) groups is 1. The van der Waals surface area contributed by atoms with E-state index in [-0.39, 0.29) is 5.92 Å². The van der Waals surface area contributed by atoms with E-state index >= 15 is 0 Å². The quantitative estimate of drug-likeness (QED) is 0.622. The van der Waals surface area contributed by atoms with Crippen molar-refractivity contribution in [3.63, 3.8) is 0 Å². The fourth-order valence-corrected chi connectivity index (χ4v) is 1.50. The zero-order valence-electron chi connectivity index (χ0n) is 7.50. The van der Waals surface area contributed by atoms with Gasteiger partial charge in [-0.05, 0) is 13.3 Å². The highest BCUT2D eigenvalue weighted by molar-refractivity contribution is 7.80. The fourth-order valence-electron chi connectivity index (χ4n) is 1.33. The maximum Gasteiger partial charge on any atom is 0.0933 e. The molecular weight excluding hydrogens is 170 g/mol. The third-order valence-electron chi connectivity index (χ3n) is 2.24. The predicted molar refractivity (Wildman–Crippen MR) is 55.5 cm³/mol. The number of nitrogens with two attached hydrogens (primary N) is 1. The Morgan fingerprint density at radius 1 is 1.83 bits per heavy atom. The number of nitrogens with one attached hydrogen (secondary N) is 1. The van der Waals surface area contributed by atoms with Gasteiger partial charge in [-0.25, -0.2) is 0 Å². The number of hydrogen-bond donors (Lipinski definition) is 2. The number of hydrogen-bond acceptors (Lipinski definition) is 3. The Labute approximate surface area is 78.4 Å². The summed E-state index contributed by atoms with van der Waals surface area (Å²) in [7, 11) is 0. The van der Waals surface area contributed by atoms with Crippen molar-refractivity contribution in [1.82, 2.24) is 5.32 Å². The second-order valence-electron chi connectivity index (χ2n) is 3.20. The molecule has 2 atom stereocenters. The SMILES string of the molecule is CC1=NCCC(C(C)C(N)=S)N1. The number of aliphatic imine (C=N–C) groups is 1. The van der Waals surface area contributed by atoms with Crippen LogP contribution in [0.3, 0.4) is 0 Å². The van der Waals surface area contributed by atoms with Crippen LogP contribution in [0.25, 0.3) is 0 Å². The van der Waals surface area contributed by atoms with Gasteiger partial charge < -0.3 is 11.1 Å². The first-order chi connectivity index (χ1) is 5.61. The highest BCUT2D eigenvalue weighted by Gasteiger charge is 2.21. The van der Waals surface area contributed by atoms with Crippen LogP contribution in [-0.2, 0) is 0 Å². The van der Waals surface area contributed by atoms with Gasteiger partial charge in [0.05, 0.1) is 10.8 Å². The average molecular weight is 185 g/mol. The second-order valence-corrected chi connectivity index (χ2v) is 3.67. The summed E-state index contributed by atoms with van der Waals surface area (Å²) in [5.41, 5.74) is 5.56. The molecule has 0 bridgehead atoms. The molecule has 0 aromatic heterocycles. The van der Waals surface area contributed by atoms with Gasteiger partial charge in [0.15, 0.2) is 0 Å². The lowest BCUT2D eigenvalue weighted by Gasteiger charge is -2.27. The first kappa shape index (κ1) is 9.45. The minimum absolute atomic E-state index is 0.255. The molecule has 12 heavy (non-hydrogen) atoms. The Balaban J connectivity index is 2.54. The lowest BCUT2D eigenvalue weighted by Crippen LogP contribution is -2.45. The van der Waals surface area contributed by atoms with Crippen LogP contribution in [0, 0.1) is 5.92 Å². The van der Waals surface area contributed by atoms with Crippen molar-refractivity contribution in [3.05, 3.63) is 0 Å². The second kappa shape index (κ2) is 3.85. The van der Waals surface area contributed by atoms with Gasteiger partial charge >= 0.3 is 0 Å². The molecule has 4 heteroatoms. The van der Waals surface area contributed by atoms with Crippen LogP contribution in [0.1, 0.15) is 20.3 Å². The molecule has 3 N–H and O–H groups in total. The largest absolute Gasteiger partial charge is 0.393 e. The topological polar surface area (TPSA) is 50.4 Å². The monoisotopic (exact) mass is 185 g/mol. The zero-order chi connectivity index (χ0) is 9.14. The highest BCUT2D eigenvalue weighted by Crippen LogP contribution is 2.10. The molecule has 3 nitrogen and oxygen atoms in total. The van der Waals surface area contributed by atoms with Gasteiger partial charge in [-0.15, -0.1) is 0 Å². The van der Waals surface area contributed by atoms with Gasteiger partial charge in [0.2, 0.25) is 0 Å². The van der Waals surface area contributed by atoms with Crippen LogP contribution in [0.2, 0.25) is 0 Å². The van der Waals surface area contributed by atoms with Gasteiger partial charge in [-0.1, -0.05) is 19.1 Å². The van der Waals surface area contributed by atoms with E-state index in [1.165, 1.54) is 0 Å². The molecule has 0 amide bonds. The average Bonchev–Trinajstić information content (AvgIpc) is 2.03. The molecule has 1 heterocycles. The molecule has 0 saturated carbocycles. The molecule has 0 spiro atoms. The molecule has 1 rings (SSSR count). The van der Waals surface area contributed by atoms with Crippen LogP contribution in [-0.4, -0.2) is 23.4 Å². The first-order valence-electron chi connectivity index (χ1n) is 4.18. The van der Waals surface area contributed by atoms with Crippen LogP contribution in [0.5, 0.6) is 0 Å². The Bertz CT molecular complexity index is 212. The zero-order valence-corrected chi connectivity index (χ0v) is 8.32. The van der Waals surface area contributed by atoms with Gasteiger partial charge in [0, 0.05) is 18.5 Å². The minimum Gasteiger partial charge on any atom is -0.393 e. The lowest BCUT2D eigenvalue weighted by molar-refractivity contribution is 0.471. The van der Waals surface area contributed by atoms with Gasteiger partial charge in [0.1, 0.15) is 0 Å². The van der Waals surface area contributed by atoms with Gasteiger partial charge in [-0.2, -0.15) is 0 Å². The molecule has 68 valence electrons. The van der Waals surface area contributed by atoms with Crippen LogP contribution in [0.15, 0.2) is 4.99 Å². The van der Waals surface area contributed by atoms with E-state index in [1.807, 2.05) is 6.92 Å². The van der Waals surface area contributed by atoms with Crippen LogP contribution in [0.4, 0.5) is 0 Å². The molecular formula is C8H15N3S. The van der Waals surface area contributed by atoms with Crippen molar-refractivity contribution in [1.29, 1.82) is 0 Å². The van der Waals surface area contributed by atoms with Crippen molar-refractivity contribution < 1.29 is 0 Å². The molecule has 0 radical (unpaired) electrons. The van der Waals surface area contributed by atoms with E-state index in [0.717, 1.165) is 18.8 Å². The first-order valence-corrected chi connectivity index (χ1v) is 4.59. The fraction of sp³-hybridized carbons (Fsp3) is 0.750. The number of rotatable bonds is 2. The Morgan fingerprint density at radius 2 is 2.50 bits per heavy atom. The van der Waals surface area contributed by atoms with Crippen molar-refractivity contribution in [2.75, 3.05) is 6.54 Å². The van der Waals surface area contributed by atoms with E-state index in [0.29, 0.717) is 11.0 Å². The maximum atomic E-state index is 5.56. The number of amidine groups is 1. The third kappa shape index (κ3) is 2.17. The van der Waals surface area contributed by atoms with E-state index in [9.17, 15) is 0 Å². The Kier molecular flexibility index (Phi) is 3.03. The van der Waals surface area contributed by atoms with Gasteiger partial charge in [0.25, 0.3) is 0 Å². The standard InChI is InChI=1S/C8H15N3S/c1-5(8(9)12)7-3-4-10-6(2)11-7/h5,7H,3-4H2,1-2H3,(H2,9,12)(H,10,11). The van der Waals surface area contributed by atoms with E-state index < -0.39 is 0 Å². The lowest BCUT2D eigenvalue weighted by atomic mass is 9.98. The van der Waals surface area contributed by atoms with Gasteiger partial charge in [-0.3, -0.25) is 4.99 Å². The molecule has 0 aromatic carbocycles.